The minimum absolute atomic E-state index is 0.130. The Hall–Kier alpha value is -2.90. The molecule has 2 N–H and O–H groups in total. The quantitative estimate of drug-likeness (QED) is 0.738. The van der Waals surface area contributed by atoms with Crippen LogP contribution >= 0.6 is 0 Å². The molecule has 1 aliphatic rings. The van der Waals surface area contributed by atoms with Crippen LogP contribution in [0.1, 0.15) is 36.0 Å². The molecule has 1 saturated carbocycles. The summed E-state index contributed by atoms with van der Waals surface area (Å²) in [5.74, 6) is 1.03. The van der Waals surface area contributed by atoms with Crippen molar-refractivity contribution >= 4 is 17.2 Å². The van der Waals surface area contributed by atoms with Gasteiger partial charge in [-0.1, -0.05) is 18.0 Å². The van der Waals surface area contributed by atoms with Crippen LogP contribution in [0.3, 0.4) is 0 Å². The Kier molecular flexibility index (Phi) is 4.32. The van der Waals surface area contributed by atoms with E-state index in [0.717, 1.165) is 37.1 Å². The van der Waals surface area contributed by atoms with Crippen molar-refractivity contribution in [3.63, 3.8) is 0 Å². The predicted octanol–water partition coefficient (Wildman–Crippen LogP) is 2.12. The average molecular weight is 340 g/mol. The maximum atomic E-state index is 12.3. The SMILES string of the molecule is O=C(NC1CCCCC1CNc1ncnn2cccc12)c1cnoc1. The van der Waals surface area contributed by atoms with Gasteiger partial charge in [0.15, 0.2) is 5.82 Å². The first-order chi connectivity index (χ1) is 12.3. The lowest BCUT2D eigenvalue weighted by atomic mass is 9.84. The number of nitrogens with one attached hydrogen (secondary N) is 2. The van der Waals surface area contributed by atoms with Crippen molar-refractivity contribution < 1.29 is 9.32 Å². The van der Waals surface area contributed by atoms with Gasteiger partial charge in [-0.25, -0.2) is 9.50 Å². The zero-order valence-corrected chi connectivity index (χ0v) is 13.8. The second-order valence-corrected chi connectivity index (χ2v) is 6.37. The summed E-state index contributed by atoms with van der Waals surface area (Å²) < 4.78 is 6.54. The van der Waals surface area contributed by atoms with Crippen LogP contribution in [0, 0.1) is 5.92 Å². The molecule has 1 fully saturated rings. The maximum Gasteiger partial charge on any atom is 0.256 e. The topological polar surface area (TPSA) is 97.3 Å². The molecule has 2 atom stereocenters. The number of carbonyl (C=O) groups is 1. The van der Waals surface area contributed by atoms with Gasteiger partial charge in [0.1, 0.15) is 18.1 Å². The van der Waals surface area contributed by atoms with Crippen LogP contribution in [0.4, 0.5) is 5.82 Å². The lowest BCUT2D eigenvalue weighted by Gasteiger charge is -2.32. The number of aromatic nitrogens is 4. The number of fused-ring (bicyclic) bond motifs is 1. The van der Waals surface area contributed by atoms with Gasteiger partial charge < -0.3 is 15.2 Å². The van der Waals surface area contributed by atoms with Crippen molar-refractivity contribution in [1.29, 1.82) is 0 Å². The Morgan fingerprint density at radius 1 is 1.36 bits per heavy atom. The van der Waals surface area contributed by atoms with Crippen LogP contribution < -0.4 is 10.6 Å². The Labute approximate surface area is 144 Å². The number of amides is 1. The first-order valence-electron chi connectivity index (χ1n) is 8.54. The summed E-state index contributed by atoms with van der Waals surface area (Å²) in [6, 6.07) is 4.06. The molecule has 3 heterocycles. The van der Waals surface area contributed by atoms with Crippen molar-refractivity contribution in [3.8, 4) is 0 Å². The van der Waals surface area contributed by atoms with E-state index in [9.17, 15) is 4.79 Å². The molecule has 0 bridgehead atoms. The first-order valence-corrected chi connectivity index (χ1v) is 8.54. The highest BCUT2D eigenvalue weighted by Gasteiger charge is 2.27. The molecule has 0 aliphatic heterocycles. The molecule has 0 radical (unpaired) electrons. The van der Waals surface area contributed by atoms with Crippen molar-refractivity contribution in [2.45, 2.75) is 31.7 Å². The molecule has 2 unspecified atom stereocenters. The van der Waals surface area contributed by atoms with E-state index in [0.29, 0.717) is 11.5 Å². The zero-order chi connectivity index (χ0) is 17.1. The second kappa shape index (κ2) is 6.92. The Morgan fingerprint density at radius 2 is 2.28 bits per heavy atom. The molecule has 130 valence electrons. The lowest BCUT2D eigenvalue weighted by molar-refractivity contribution is 0.0908. The summed E-state index contributed by atoms with van der Waals surface area (Å²) in [6.07, 6.45) is 10.6. The molecule has 3 aromatic heterocycles. The van der Waals surface area contributed by atoms with Gasteiger partial charge in [0, 0.05) is 18.8 Å². The van der Waals surface area contributed by atoms with E-state index in [1.54, 1.807) is 10.8 Å². The van der Waals surface area contributed by atoms with Crippen LogP contribution in [-0.2, 0) is 0 Å². The van der Waals surface area contributed by atoms with E-state index in [-0.39, 0.29) is 11.9 Å². The molecule has 4 rings (SSSR count). The molecule has 8 nitrogen and oxygen atoms in total. The summed E-state index contributed by atoms with van der Waals surface area (Å²) in [5.41, 5.74) is 1.41. The van der Waals surface area contributed by atoms with Crippen LogP contribution in [-0.4, -0.2) is 38.2 Å². The molecule has 3 aromatic rings. The monoisotopic (exact) mass is 340 g/mol. The van der Waals surface area contributed by atoms with Gasteiger partial charge in [0.05, 0.1) is 11.8 Å². The summed E-state index contributed by atoms with van der Waals surface area (Å²) in [4.78, 5) is 16.6. The fourth-order valence-electron chi connectivity index (χ4n) is 3.44. The average Bonchev–Trinajstić information content (AvgIpc) is 3.32. The third-order valence-corrected chi connectivity index (χ3v) is 4.79. The standard InChI is InChI=1S/C17H20N6O2/c24-17(13-9-21-25-10-13)22-14-5-2-1-4-12(14)8-18-16-15-6-3-7-23(15)20-11-19-16/h3,6-7,9-12,14H,1-2,4-5,8H2,(H,22,24)(H,18,19,20). The molecular formula is C17H20N6O2. The molecule has 0 spiro atoms. The Morgan fingerprint density at radius 3 is 3.16 bits per heavy atom. The molecule has 0 aromatic carbocycles. The van der Waals surface area contributed by atoms with Gasteiger partial charge in [-0.15, -0.1) is 0 Å². The number of hydrogen-bond acceptors (Lipinski definition) is 6. The summed E-state index contributed by atoms with van der Waals surface area (Å²) >= 11 is 0. The van der Waals surface area contributed by atoms with Gasteiger partial charge >= 0.3 is 0 Å². The number of anilines is 1. The number of carbonyl (C=O) groups excluding carboxylic acids is 1. The first kappa shape index (κ1) is 15.6. The minimum Gasteiger partial charge on any atom is -0.368 e. The lowest BCUT2D eigenvalue weighted by Crippen LogP contribution is -2.44. The highest BCUT2D eigenvalue weighted by Crippen LogP contribution is 2.25. The Bertz CT molecular complexity index is 844. The van der Waals surface area contributed by atoms with Gasteiger partial charge in [-0.05, 0) is 30.9 Å². The van der Waals surface area contributed by atoms with Crippen molar-refractivity contribution in [3.05, 3.63) is 42.7 Å². The van der Waals surface area contributed by atoms with Gasteiger partial charge in [-0.2, -0.15) is 5.10 Å². The van der Waals surface area contributed by atoms with E-state index in [2.05, 4.69) is 25.9 Å². The Balaban J connectivity index is 1.42. The van der Waals surface area contributed by atoms with Gasteiger partial charge in [-0.3, -0.25) is 4.79 Å². The largest absolute Gasteiger partial charge is 0.368 e. The molecule has 1 aliphatic carbocycles. The summed E-state index contributed by atoms with van der Waals surface area (Å²) in [5, 5.41) is 14.3. The third-order valence-electron chi connectivity index (χ3n) is 4.79. The minimum atomic E-state index is -0.130. The van der Waals surface area contributed by atoms with Crippen LogP contribution in [0.25, 0.3) is 5.52 Å². The maximum absolute atomic E-state index is 12.3. The molecular weight excluding hydrogens is 320 g/mol. The van der Waals surface area contributed by atoms with E-state index in [1.807, 2.05) is 18.3 Å². The van der Waals surface area contributed by atoms with Crippen molar-refractivity contribution in [2.24, 2.45) is 5.92 Å². The van der Waals surface area contributed by atoms with Crippen molar-refractivity contribution in [1.82, 2.24) is 25.1 Å². The summed E-state index contributed by atoms with van der Waals surface area (Å²) in [7, 11) is 0. The number of nitrogens with zero attached hydrogens (tertiary/aromatic N) is 4. The normalized spacial score (nSPS) is 20.5. The van der Waals surface area contributed by atoms with Crippen LogP contribution in [0.2, 0.25) is 0 Å². The predicted molar refractivity (Wildman–Crippen MR) is 91.2 cm³/mol. The smallest absolute Gasteiger partial charge is 0.256 e. The van der Waals surface area contributed by atoms with Crippen LogP contribution in [0.15, 0.2) is 41.6 Å². The van der Waals surface area contributed by atoms with Gasteiger partial charge in [0.2, 0.25) is 0 Å². The van der Waals surface area contributed by atoms with Crippen molar-refractivity contribution in [2.75, 3.05) is 11.9 Å². The molecule has 1 amide bonds. The van der Waals surface area contributed by atoms with Crippen LogP contribution in [0.5, 0.6) is 0 Å². The number of rotatable bonds is 5. The van der Waals surface area contributed by atoms with Gasteiger partial charge in [0.25, 0.3) is 5.91 Å². The number of hydrogen-bond donors (Lipinski definition) is 2. The molecule has 0 saturated heterocycles. The zero-order valence-electron chi connectivity index (χ0n) is 13.8. The molecule has 25 heavy (non-hydrogen) atoms. The third kappa shape index (κ3) is 3.33. The molecule has 8 heteroatoms. The fourth-order valence-corrected chi connectivity index (χ4v) is 3.44. The van der Waals surface area contributed by atoms with E-state index >= 15 is 0 Å². The van der Waals surface area contributed by atoms with E-state index < -0.39 is 0 Å². The second-order valence-electron chi connectivity index (χ2n) is 6.37. The summed E-state index contributed by atoms with van der Waals surface area (Å²) in [6.45, 7) is 0.756. The van der Waals surface area contributed by atoms with E-state index in [4.69, 9.17) is 4.52 Å². The fraction of sp³-hybridized carbons (Fsp3) is 0.412. The highest BCUT2D eigenvalue weighted by atomic mass is 16.5. The highest BCUT2D eigenvalue weighted by molar-refractivity contribution is 5.93. The van der Waals surface area contributed by atoms with E-state index in [1.165, 1.54) is 18.9 Å².